The van der Waals surface area contributed by atoms with E-state index in [0.717, 1.165) is 6.07 Å². The van der Waals surface area contributed by atoms with Gasteiger partial charge in [-0.05, 0) is 47.0 Å². The molecule has 0 bridgehead atoms. The normalized spacial score (nSPS) is 14.7. The Labute approximate surface area is 198 Å². The van der Waals surface area contributed by atoms with Gasteiger partial charge in [0.05, 0.1) is 17.7 Å². The number of anilines is 1. The van der Waals surface area contributed by atoms with Gasteiger partial charge >= 0.3 is 6.03 Å². The van der Waals surface area contributed by atoms with Crippen LogP contribution in [0.2, 0.25) is 0 Å². The molecule has 0 saturated carbocycles. The Morgan fingerprint density at radius 3 is 2.51 bits per heavy atom. The number of carbonyl (C=O) groups is 3. The Morgan fingerprint density at radius 2 is 1.80 bits per heavy atom. The molecule has 3 aromatic carbocycles. The minimum absolute atomic E-state index is 0.0681. The third kappa shape index (κ3) is 4.76. The Hall–Kier alpha value is -4.86. The molecular weight excluding hydrogens is 457 g/mol. The highest BCUT2D eigenvalue weighted by Crippen LogP contribution is 2.28. The predicted molar refractivity (Wildman–Crippen MR) is 124 cm³/mol. The van der Waals surface area contributed by atoms with Crippen molar-refractivity contribution in [3.05, 3.63) is 105 Å². The fourth-order valence-electron chi connectivity index (χ4n) is 3.64. The second-order valence-corrected chi connectivity index (χ2v) is 7.57. The van der Waals surface area contributed by atoms with Crippen LogP contribution < -0.4 is 15.0 Å². The van der Waals surface area contributed by atoms with Crippen LogP contribution in [0.4, 0.5) is 20.6 Å². The van der Waals surface area contributed by atoms with Crippen LogP contribution in [0.1, 0.15) is 16.7 Å². The van der Waals surface area contributed by atoms with Crippen molar-refractivity contribution in [1.82, 2.24) is 5.32 Å². The van der Waals surface area contributed by atoms with Crippen molar-refractivity contribution in [2.24, 2.45) is 0 Å². The largest absolute Gasteiger partial charge is 0.497 e. The first-order chi connectivity index (χ1) is 16.8. The summed E-state index contributed by atoms with van der Waals surface area (Å²) in [5.74, 6) is -1.80. The summed E-state index contributed by atoms with van der Waals surface area (Å²) in [5, 5.41) is 13.2. The molecule has 0 aromatic heterocycles. The number of benzene rings is 3. The van der Waals surface area contributed by atoms with Crippen LogP contribution in [0.15, 0.2) is 72.3 Å². The Morgan fingerprint density at radius 1 is 1.03 bits per heavy atom. The zero-order valence-corrected chi connectivity index (χ0v) is 18.4. The van der Waals surface area contributed by atoms with E-state index < -0.39 is 28.6 Å². The van der Waals surface area contributed by atoms with E-state index in [1.54, 1.807) is 36.4 Å². The van der Waals surface area contributed by atoms with Gasteiger partial charge in [-0.15, -0.1) is 0 Å². The molecule has 1 fully saturated rings. The van der Waals surface area contributed by atoms with E-state index in [2.05, 4.69) is 5.32 Å². The molecule has 1 aliphatic rings. The number of barbiturate groups is 1. The zero-order valence-electron chi connectivity index (χ0n) is 18.4. The molecule has 4 amide bonds. The first-order valence-electron chi connectivity index (χ1n) is 10.3. The highest BCUT2D eigenvalue weighted by molar-refractivity contribution is 6.39. The summed E-state index contributed by atoms with van der Waals surface area (Å²) in [6.07, 6.45) is 1.44. The van der Waals surface area contributed by atoms with Gasteiger partial charge in [-0.1, -0.05) is 30.3 Å². The molecule has 35 heavy (non-hydrogen) atoms. The van der Waals surface area contributed by atoms with E-state index in [9.17, 15) is 28.9 Å². The fraction of sp³-hybridized carbons (Fsp3) is 0.0800. The number of urea groups is 1. The van der Waals surface area contributed by atoms with Crippen molar-refractivity contribution in [1.29, 1.82) is 0 Å². The summed E-state index contributed by atoms with van der Waals surface area (Å²) in [5.41, 5.74) is 0.640. The van der Waals surface area contributed by atoms with Crippen LogP contribution in [0.3, 0.4) is 0 Å². The van der Waals surface area contributed by atoms with Crippen molar-refractivity contribution in [2.45, 2.75) is 6.42 Å². The lowest BCUT2D eigenvalue weighted by atomic mass is 9.96. The molecule has 1 aliphatic heterocycles. The number of nitrogens with zero attached hydrogens (tertiary/aromatic N) is 2. The number of ether oxygens (including phenoxy) is 1. The number of non-ortho nitro benzene ring substituents is 1. The van der Waals surface area contributed by atoms with E-state index in [1.807, 2.05) is 0 Å². The number of hydrogen-bond donors (Lipinski definition) is 1. The molecule has 1 N–H and O–H groups in total. The van der Waals surface area contributed by atoms with Crippen LogP contribution in [-0.2, 0) is 16.0 Å². The maximum absolute atomic E-state index is 14.3. The van der Waals surface area contributed by atoms with Gasteiger partial charge in [-0.3, -0.25) is 25.0 Å². The number of halogens is 1. The monoisotopic (exact) mass is 475 g/mol. The summed E-state index contributed by atoms with van der Waals surface area (Å²) in [7, 11) is 1.47. The molecule has 1 heterocycles. The first kappa shape index (κ1) is 23.3. The second kappa shape index (κ2) is 9.56. The van der Waals surface area contributed by atoms with E-state index in [4.69, 9.17) is 4.74 Å². The molecule has 0 unspecified atom stereocenters. The van der Waals surface area contributed by atoms with Gasteiger partial charge in [0.15, 0.2) is 0 Å². The highest BCUT2D eigenvalue weighted by Gasteiger charge is 2.37. The van der Waals surface area contributed by atoms with Gasteiger partial charge in [0.25, 0.3) is 17.5 Å². The summed E-state index contributed by atoms with van der Waals surface area (Å²) in [6, 6.07) is 15.0. The van der Waals surface area contributed by atoms with Crippen LogP contribution in [0.25, 0.3) is 6.08 Å². The van der Waals surface area contributed by atoms with E-state index in [-0.39, 0.29) is 23.4 Å². The summed E-state index contributed by atoms with van der Waals surface area (Å²) >= 11 is 0. The predicted octanol–water partition coefficient (Wildman–Crippen LogP) is 4.00. The maximum Gasteiger partial charge on any atom is 0.335 e. The number of nitro benzene ring substituents is 1. The lowest BCUT2D eigenvalue weighted by Crippen LogP contribution is -2.54. The molecule has 0 aliphatic carbocycles. The van der Waals surface area contributed by atoms with Gasteiger partial charge in [0.1, 0.15) is 17.1 Å². The molecule has 10 heteroatoms. The van der Waals surface area contributed by atoms with Crippen molar-refractivity contribution in [3.8, 4) is 5.75 Å². The topological polar surface area (TPSA) is 119 Å². The molecule has 4 rings (SSSR count). The Bertz CT molecular complexity index is 1400. The Kier molecular flexibility index (Phi) is 6.36. The number of methoxy groups -OCH3 is 1. The first-order valence-corrected chi connectivity index (χ1v) is 10.3. The van der Waals surface area contributed by atoms with E-state index >= 15 is 0 Å². The zero-order chi connectivity index (χ0) is 25.1. The summed E-state index contributed by atoms with van der Waals surface area (Å²) < 4.78 is 19.5. The van der Waals surface area contributed by atoms with Crippen LogP contribution in [0.5, 0.6) is 5.75 Å². The highest BCUT2D eigenvalue weighted by atomic mass is 19.1. The molecular formula is C25H18FN3O6. The fourth-order valence-corrected chi connectivity index (χ4v) is 3.64. The summed E-state index contributed by atoms with van der Waals surface area (Å²) in [6.45, 7) is 0. The maximum atomic E-state index is 14.3. The van der Waals surface area contributed by atoms with Crippen LogP contribution in [0, 0.1) is 15.9 Å². The standard InChI is InChI=1S/C25H18FN3O6/c1-35-20-10-9-15(17(12-20)11-16-5-2-3-8-22(16)26)13-21-23(30)27-25(32)28(24(21)31)18-6-4-7-19(14-18)29(33)34/h2-10,12-14H,11H2,1H3,(H,27,30,32)/b21-13+. The smallest absolute Gasteiger partial charge is 0.335 e. The number of carbonyl (C=O) groups excluding carboxylic acids is 3. The quantitative estimate of drug-likeness (QED) is 0.249. The van der Waals surface area contributed by atoms with Gasteiger partial charge in [0.2, 0.25) is 0 Å². The van der Waals surface area contributed by atoms with Gasteiger partial charge < -0.3 is 4.74 Å². The average molecular weight is 475 g/mol. The molecule has 0 spiro atoms. The molecule has 3 aromatic rings. The molecule has 176 valence electrons. The average Bonchev–Trinajstić information content (AvgIpc) is 2.84. The number of amides is 4. The third-order valence-corrected chi connectivity index (χ3v) is 5.39. The number of imide groups is 2. The molecule has 0 atom stereocenters. The lowest BCUT2D eigenvalue weighted by molar-refractivity contribution is -0.384. The number of nitro groups is 1. The van der Waals surface area contributed by atoms with Gasteiger partial charge in [-0.25, -0.2) is 14.1 Å². The lowest BCUT2D eigenvalue weighted by Gasteiger charge is -2.26. The van der Waals surface area contributed by atoms with Crippen molar-refractivity contribution in [3.63, 3.8) is 0 Å². The number of nitrogens with one attached hydrogen (secondary N) is 1. The van der Waals surface area contributed by atoms with E-state index in [1.165, 1.54) is 37.5 Å². The van der Waals surface area contributed by atoms with Crippen LogP contribution >= 0.6 is 0 Å². The number of hydrogen-bond acceptors (Lipinski definition) is 6. The Balaban J connectivity index is 1.76. The molecule has 9 nitrogen and oxygen atoms in total. The molecule has 1 saturated heterocycles. The van der Waals surface area contributed by atoms with Crippen molar-refractivity contribution < 1.29 is 28.4 Å². The minimum atomic E-state index is -1.03. The van der Waals surface area contributed by atoms with Gasteiger partial charge in [-0.2, -0.15) is 0 Å². The molecule has 0 radical (unpaired) electrons. The number of rotatable bonds is 6. The van der Waals surface area contributed by atoms with Crippen LogP contribution in [-0.4, -0.2) is 29.9 Å². The van der Waals surface area contributed by atoms with Crippen molar-refractivity contribution >= 4 is 35.3 Å². The van der Waals surface area contributed by atoms with E-state index in [0.29, 0.717) is 27.3 Å². The second-order valence-electron chi connectivity index (χ2n) is 7.57. The van der Waals surface area contributed by atoms with Crippen molar-refractivity contribution in [2.75, 3.05) is 12.0 Å². The third-order valence-electron chi connectivity index (χ3n) is 5.39. The SMILES string of the molecule is COc1ccc(/C=C2\C(=O)NC(=O)N(c3cccc([N+](=O)[O-])c3)C2=O)c(Cc2ccccc2F)c1. The minimum Gasteiger partial charge on any atom is -0.497 e. The van der Waals surface area contributed by atoms with Gasteiger partial charge in [0, 0.05) is 18.6 Å². The summed E-state index contributed by atoms with van der Waals surface area (Å²) in [4.78, 5) is 49.3.